The van der Waals surface area contributed by atoms with Crippen LogP contribution in [0.1, 0.15) is 53.9 Å². The van der Waals surface area contributed by atoms with Gasteiger partial charge in [-0.25, -0.2) is 0 Å². The molecule has 13 heavy (non-hydrogen) atoms. The zero-order valence-electron chi connectivity index (χ0n) is 9.86. The third kappa shape index (κ3) is 5.05. The van der Waals surface area contributed by atoms with Gasteiger partial charge in [-0.1, -0.05) is 63.4 Å². The van der Waals surface area contributed by atoms with Crippen LogP contribution in [0.15, 0.2) is 0 Å². The van der Waals surface area contributed by atoms with Crippen LogP contribution in [0.2, 0.25) is 0 Å². The van der Waals surface area contributed by atoms with Crippen molar-refractivity contribution < 1.29 is 0 Å². The van der Waals surface area contributed by atoms with Crippen molar-refractivity contribution in [3.63, 3.8) is 0 Å². The van der Waals surface area contributed by atoms with E-state index >= 15 is 0 Å². The highest BCUT2D eigenvalue weighted by atomic mass is 79.9. The smallest absolute Gasteiger partial charge is 0.00647 e. The molecule has 0 fully saturated rings. The Balaban J connectivity index is 4.11. The van der Waals surface area contributed by atoms with E-state index in [0.29, 0.717) is 5.41 Å². The number of hydrogen-bond acceptors (Lipinski definition) is 0. The average molecular weight is 249 g/mol. The molecule has 1 unspecified atom stereocenters. The largest absolute Gasteiger partial charge is 0.0925 e. The summed E-state index contributed by atoms with van der Waals surface area (Å²) in [5.41, 5.74) is 0.450. The SMILES string of the molecule is CCC(CC)CC(CBr)C(C)(C)C. The number of hydrogen-bond donors (Lipinski definition) is 0. The normalized spacial score (nSPS) is 15.0. The second-order valence-corrected chi connectivity index (χ2v) is 5.78. The Morgan fingerprint density at radius 1 is 1.08 bits per heavy atom. The van der Waals surface area contributed by atoms with Gasteiger partial charge in [-0.2, -0.15) is 0 Å². The third-order valence-corrected chi connectivity index (χ3v) is 3.97. The molecule has 0 heterocycles. The maximum atomic E-state index is 3.64. The lowest BCUT2D eigenvalue weighted by Gasteiger charge is -2.31. The topological polar surface area (TPSA) is 0 Å². The summed E-state index contributed by atoms with van der Waals surface area (Å²) in [6, 6.07) is 0. The Hall–Kier alpha value is 0.480. The molecule has 0 aromatic heterocycles. The molecule has 1 heteroatoms. The lowest BCUT2D eigenvalue weighted by molar-refractivity contribution is 0.215. The molecule has 80 valence electrons. The van der Waals surface area contributed by atoms with Crippen LogP contribution in [-0.4, -0.2) is 5.33 Å². The molecule has 0 spiro atoms. The summed E-state index contributed by atoms with van der Waals surface area (Å²) in [6.07, 6.45) is 4.04. The fraction of sp³-hybridized carbons (Fsp3) is 1.00. The maximum absolute atomic E-state index is 3.64. The van der Waals surface area contributed by atoms with Gasteiger partial charge in [0.2, 0.25) is 0 Å². The van der Waals surface area contributed by atoms with Crippen LogP contribution in [0, 0.1) is 17.3 Å². The molecule has 0 N–H and O–H groups in total. The minimum absolute atomic E-state index is 0.450. The molecule has 0 aromatic carbocycles. The maximum Gasteiger partial charge on any atom is 0.00647 e. The Bertz CT molecular complexity index is 120. The van der Waals surface area contributed by atoms with E-state index in [9.17, 15) is 0 Å². The standard InChI is InChI=1S/C12H25Br/c1-6-10(7-2)8-11(9-13)12(3,4)5/h10-11H,6-9H2,1-5H3. The Morgan fingerprint density at radius 2 is 1.54 bits per heavy atom. The minimum Gasteiger partial charge on any atom is -0.0925 e. The molecular formula is C12H25Br. The summed E-state index contributed by atoms with van der Waals surface area (Å²) < 4.78 is 0. The van der Waals surface area contributed by atoms with E-state index in [0.717, 1.165) is 17.2 Å². The molecule has 0 aliphatic heterocycles. The van der Waals surface area contributed by atoms with E-state index in [1.54, 1.807) is 0 Å². The molecule has 0 nitrogen and oxygen atoms in total. The summed E-state index contributed by atoms with van der Waals surface area (Å²) in [4.78, 5) is 0. The number of alkyl halides is 1. The van der Waals surface area contributed by atoms with Gasteiger partial charge < -0.3 is 0 Å². The van der Waals surface area contributed by atoms with Gasteiger partial charge in [0, 0.05) is 5.33 Å². The second-order valence-electron chi connectivity index (χ2n) is 5.14. The van der Waals surface area contributed by atoms with Crippen LogP contribution in [0.25, 0.3) is 0 Å². The zero-order valence-corrected chi connectivity index (χ0v) is 11.4. The highest BCUT2D eigenvalue weighted by molar-refractivity contribution is 9.09. The van der Waals surface area contributed by atoms with Gasteiger partial charge in [-0.3, -0.25) is 0 Å². The van der Waals surface area contributed by atoms with Crippen molar-refractivity contribution in [1.82, 2.24) is 0 Å². The molecule has 0 amide bonds. The van der Waals surface area contributed by atoms with Gasteiger partial charge in [0.1, 0.15) is 0 Å². The van der Waals surface area contributed by atoms with E-state index in [4.69, 9.17) is 0 Å². The summed E-state index contributed by atoms with van der Waals surface area (Å²) in [5.74, 6) is 1.74. The van der Waals surface area contributed by atoms with Gasteiger partial charge in [0.05, 0.1) is 0 Å². The van der Waals surface area contributed by atoms with E-state index in [1.165, 1.54) is 19.3 Å². The highest BCUT2D eigenvalue weighted by Gasteiger charge is 2.25. The first-order valence-electron chi connectivity index (χ1n) is 5.51. The van der Waals surface area contributed by atoms with Gasteiger partial charge in [0.15, 0.2) is 0 Å². The Kier molecular flexibility index (Phi) is 6.28. The van der Waals surface area contributed by atoms with Crippen LogP contribution < -0.4 is 0 Å². The molecule has 0 saturated heterocycles. The molecule has 1 atom stereocenters. The van der Waals surface area contributed by atoms with E-state index in [1.807, 2.05) is 0 Å². The summed E-state index contributed by atoms with van der Waals surface area (Å²) in [7, 11) is 0. The van der Waals surface area contributed by atoms with E-state index in [-0.39, 0.29) is 0 Å². The Labute approximate surface area is 92.6 Å². The summed E-state index contributed by atoms with van der Waals surface area (Å²) in [5, 5.41) is 1.15. The van der Waals surface area contributed by atoms with Gasteiger partial charge in [-0.15, -0.1) is 0 Å². The lowest BCUT2D eigenvalue weighted by atomic mass is 9.76. The Morgan fingerprint density at radius 3 is 1.77 bits per heavy atom. The monoisotopic (exact) mass is 248 g/mol. The van der Waals surface area contributed by atoms with Crippen LogP contribution in [0.3, 0.4) is 0 Å². The molecule has 0 saturated carbocycles. The first-order chi connectivity index (χ1) is 5.95. The predicted octanol–water partition coefficient (Wildman–Crippen LogP) is 4.87. The van der Waals surface area contributed by atoms with Gasteiger partial charge in [-0.05, 0) is 23.7 Å². The van der Waals surface area contributed by atoms with Gasteiger partial charge >= 0.3 is 0 Å². The van der Waals surface area contributed by atoms with Crippen LogP contribution in [-0.2, 0) is 0 Å². The second kappa shape index (κ2) is 6.06. The average Bonchev–Trinajstić information content (AvgIpc) is 2.04. The van der Waals surface area contributed by atoms with Crippen molar-refractivity contribution in [3.05, 3.63) is 0 Å². The summed E-state index contributed by atoms with van der Waals surface area (Å²) in [6.45, 7) is 11.7. The molecule has 0 aliphatic carbocycles. The highest BCUT2D eigenvalue weighted by Crippen LogP contribution is 2.34. The summed E-state index contributed by atoms with van der Waals surface area (Å²) >= 11 is 3.64. The van der Waals surface area contributed by atoms with Crippen molar-refractivity contribution in [2.75, 3.05) is 5.33 Å². The van der Waals surface area contributed by atoms with Crippen molar-refractivity contribution in [2.24, 2.45) is 17.3 Å². The van der Waals surface area contributed by atoms with Crippen molar-refractivity contribution in [2.45, 2.75) is 53.9 Å². The van der Waals surface area contributed by atoms with E-state index in [2.05, 4.69) is 50.5 Å². The molecule has 0 aliphatic rings. The first kappa shape index (κ1) is 13.5. The first-order valence-corrected chi connectivity index (χ1v) is 6.63. The minimum atomic E-state index is 0.450. The quantitative estimate of drug-likeness (QED) is 0.610. The molecule has 0 aromatic rings. The predicted molar refractivity (Wildman–Crippen MR) is 65.4 cm³/mol. The molecule has 0 radical (unpaired) electrons. The molecule has 0 rings (SSSR count). The zero-order chi connectivity index (χ0) is 10.5. The lowest BCUT2D eigenvalue weighted by Crippen LogP contribution is -2.24. The molecular weight excluding hydrogens is 224 g/mol. The third-order valence-electron chi connectivity index (χ3n) is 3.18. The van der Waals surface area contributed by atoms with Crippen LogP contribution in [0.4, 0.5) is 0 Å². The van der Waals surface area contributed by atoms with E-state index < -0.39 is 0 Å². The van der Waals surface area contributed by atoms with Crippen molar-refractivity contribution in [1.29, 1.82) is 0 Å². The number of halogens is 1. The fourth-order valence-electron chi connectivity index (χ4n) is 1.67. The number of rotatable bonds is 5. The van der Waals surface area contributed by atoms with Crippen LogP contribution in [0.5, 0.6) is 0 Å². The van der Waals surface area contributed by atoms with Gasteiger partial charge in [0.25, 0.3) is 0 Å². The van der Waals surface area contributed by atoms with Crippen LogP contribution >= 0.6 is 15.9 Å². The van der Waals surface area contributed by atoms with Crippen molar-refractivity contribution in [3.8, 4) is 0 Å². The fourth-order valence-corrected chi connectivity index (χ4v) is 2.91. The van der Waals surface area contributed by atoms with Crippen molar-refractivity contribution >= 4 is 15.9 Å². The molecule has 0 bridgehead atoms.